The zero-order chi connectivity index (χ0) is 13.1. The summed E-state index contributed by atoms with van der Waals surface area (Å²) in [6.07, 6.45) is -6.70. The van der Waals surface area contributed by atoms with E-state index in [0.29, 0.717) is 0 Å². The van der Waals surface area contributed by atoms with Gasteiger partial charge in [-0.15, -0.1) is 0 Å². The van der Waals surface area contributed by atoms with E-state index in [9.17, 15) is 22.8 Å². The highest BCUT2D eigenvalue weighted by atomic mass is 19.4. The normalized spacial score (nSPS) is 14.2. The molecule has 4 nitrogen and oxygen atoms in total. The number of hydrogen-bond acceptors (Lipinski definition) is 4. The van der Waals surface area contributed by atoms with Crippen LogP contribution in [0, 0.1) is 0 Å². The lowest BCUT2D eigenvalue weighted by Crippen LogP contribution is -2.36. The Bertz CT molecular complexity index is 277. The van der Waals surface area contributed by atoms with Gasteiger partial charge < -0.3 is 9.47 Å². The Morgan fingerprint density at radius 3 is 1.88 bits per heavy atom. The summed E-state index contributed by atoms with van der Waals surface area (Å²) in [6.45, 7) is 5.65. The van der Waals surface area contributed by atoms with Crippen molar-refractivity contribution in [1.29, 1.82) is 0 Å². The van der Waals surface area contributed by atoms with Crippen LogP contribution in [-0.2, 0) is 19.1 Å². The molecule has 94 valence electrons. The Hall–Kier alpha value is -1.27. The van der Waals surface area contributed by atoms with E-state index in [4.69, 9.17) is 4.74 Å². The standard InChI is InChI=1S/C9H13F3O4/c1-5(6(13)16-8(2,3)4)15-7(14)9(10,11)12/h5H,1-4H3. The molecule has 1 atom stereocenters. The molecule has 16 heavy (non-hydrogen) atoms. The third-order valence-corrected chi connectivity index (χ3v) is 1.25. The highest BCUT2D eigenvalue weighted by molar-refractivity contribution is 5.81. The average Bonchev–Trinajstić information content (AvgIpc) is 1.98. The molecule has 0 heterocycles. The molecule has 0 bridgehead atoms. The van der Waals surface area contributed by atoms with Crippen LogP contribution in [0.2, 0.25) is 0 Å². The van der Waals surface area contributed by atoms with E-state index in [1.54, 1.807) is 20.8 Å². The number of hydrogen-bond donors (Lipinski definition) is 0. The molecule has 0 aromatic carbocycles. The van der Waals surface area contributed by atoms with Crippen molar-refractivity contribution in [2.24, 2.45) is 0 Å². The van der Waals surface area contributed by atoms with Crippen molar-refractivity contribution < 1.29 is 32.2 Å². The Kier molecular flexibility index (Phi) is 4.34. The number of halogens is 3. The summed E-state index contributed by atoms with van der Waals surface area (Å²) in [7, 11) is 0. The molecule has 0 N–H and O–H groups in total. The van der Waals surface area contributed by atoms with Crippen molar-refractivity contribution in [1.82, 2.24) is 0 Å². The second-order valence-electron chi connectivity index (χ2n) is 4.08. The van der Waals surface area contributed by atoms with Crippen molar-refractivity contribution in [2.75, 3.05) is 0 Å². The molecular formula is C9H13F3O4. The fourth-order valence-corrected chi connectivity index (χ4v) is 0.660. The van der Waals surface area contributed by atoms with Gasteiger partial charge in [-0.3, -0.25) is 0 Å². The SMILES string of the molecule is CC(OC(=O)C(F)(F)F)C(=O)OC(C)(C)C. The molecule has 0 aromatic heterocycles. The minimum atomic E-state index is -5.11. The van der Waals surface area contributed by atoms with Crippen molar-refractivity contribution in [3.05, 3.63) is 0 Å². The molecule has 0 fully saturated rings. The highest BCUT2D eigenvalue weighted by Crippen LogP contribution is 2.18. The molecule has 0 radical (unpaired) electrons. The van der Waals surface area contributed by atoms with Crippen LogP contribution >= 0.6 is 0 Å². The summed E-state index contributed by atoms with van der Waals surface area (Å²) in [5.41, 5.74) is -0.851. The molecule has 0 aliphatic rings. The number of rotatable bonds is 2. The number of alkyl halides is 3. The molecule has 0 aliphatic heterocycles. The Balaban J connectivity index is 4.33. The minimum absolute atomic E-state index is 0.851. The molecule has 0 saturated carbocycles. The van der Waals surface area contributed by atoms with Crippen LogP contribution in [0.3, 0.4) is 0 Å². The maximum Gasteiger partial charge on any atom is 0.490 e. The zero-order valence-electron chi connectivity index (χ0n) is 9.34. The van der Waals surface area contributed by atoms with Crippen LogP contribution in [0.25, 0.3) is 0 Å². The fourth-order valence-electron chi connectivity index (χ4n) is 0.660. The van der Waals surface area contributed by atoms with Crippen LogP contribution in [0.5, 0.6) is 0 Å². The topological polar surface area (TPSA) is 52.6 Å². The van der Waals surface area contributed by atoms with Gasteiger partial charge in [0.1, 0.15) is 5.60 Å². The largest absolute Gasteiger partial charge is 0.490 e. The van der Waals surface area contributed by atoms with Gasteiger partial charge in [-0.2, -0.15) is 13.2 Å². The summed E-state index contributed by atoms with van der Waals surface area (Å²) < 4.78 is 44.0. The Morgan fingerprint density at radius 2 is 1.56 bits per heavy atom. The van der Waals surface area contributed by atoms with Crippen LogP contribution in [0.4, 0.5) is 13.2 Å². The summed E-state index contributed by atoms with van der Waals surface area (Å²) in [5, 5.41) is 0. The van der Waals surface area contributed by atoms with Gasteiger partial charge in [-0.05, 0) is 27.7 Å². The molecule has 1 unspecified atom stereocenters. The van der Waals surface area contributed by atoms with E-state index in [2.05, 4.69) is 4.74 Å². The number of ether oxygens (including phenoxy) is 2. The van der Waals surface area contributed by atoms with Gasteiger partial charge in [0.25, 0.3) is 0 Å². The molecule has 0 aliphatic carbocycles. The van der Waals surface area contributed by atoms with E-state index >= 15 is 0 Å². The first-order chi connectivity index (χ1) is 6.93. The molecule has 0 amide bonds. The van der Waals surface area contributed by atoms with Gasteiger partial charge in [0.15, 0.2) is 6.10 Å². The lowest BCUT2D eigenvalue weighted by atomic mass is 10.2. The summed E-state index contributed by atoms with van der Waals surface area (Å²) >= 11 is 0. The predicted molar refractivity (Wildman–Crippen MR) is 47.5 cm³/mol. The fraction of sp³-hybridized carbons (Fsp3) is 0.778. The van der Waals surface area contributed by atoms with Crippen LogP contribution in [0.1, 0.15) is 27.7 Å². The number of esters is 2. The summed E-state index contributed by atoms with van der Waals surface area (Å²) in [6, 6.07) is 0. The Labute approximate surface area is 90.7 Å². The van der Waals surface area contributed by atoms with Crippen LogP contribution in [0.15, 0.2) is 0 Å². The maximum absolute atomic E-state index is 11.8. The van der Waals surface area contributed by atoms with Crippen LogP contribution in [-0.4, -0.2) is 29.8 Å². The van der Waals surface area contributed by atoms with E-state index in [1.165, 1.54) is 0 Å². The molecule has 7 heteroatoms. The monoisotopic (exact) mass is 242 g/mol. The third-order valence-electron chi connectivity index (χ3n) is 1.25. The van der Waals surface area contributed by atoms with Gasteiger partial charge in [0.05, 0.1) is 0 Å². The third kappa shape index (κ3) is 5.57. The van der Waals surface area contributed by atoms with Gasteiger partial charge in [0, 0.05) is 0 Å². The Morgan fingerprint density at radius 1 is 1.12 bits per heavy atom. The second-order valence-corrected chi connectivity index (χ2v) is 4.08. The quantitative estimate of drug-likeness (QED) is 0.693. The van der Waals surface area contributed by atoms with Gasteiger partial charge in [0.2, 0.25) is 0 Å². The minimum Gasteiger partial charge on any atom is -0.457 e. The second kappa shape index (κ2) is 4.71. The van der Waals surface area contributed by atoms with Gasteiger partial charge >= 0.3 is 18.1 Å². The number of carbonyl (C=O) groups is 2. The lowest BCUT2D eigenvalue weighted by Gasteiger charge is -2.22. The highest BCUT2D eigenvalue weighted by Gasteiger charge is 2.43. The van der Waals surface area contributed by atoms with E-state index in [-0.39, 0.29) is 0 Å². The smallest absolute Gasteiger partial charge is 0.457 e. The van der Waals surface area contributed by atoms with Crippen molar-refractivity contribution in [2.45, 2.75) is 45.6 Å². The van der Waals surface area contributed by atoms with E-state index in [1.807, 2.05) is 0 Å². The zero-order valence-corrected chi connectivity index (χ0v) is 9.34. The summed E-state index contributed by atoms with van der Waals surface area (Å²) in [4.78, 5) is 21.5. The lowest BCUT2D eigenvalue weighted by molar-refractivity contribution is -0.208. The molecule has 0 rings (SSSR count). The first-order valence-corrected chi connectivity index (χ1v) is 4.44. The van der Waals surface area contributed by atoms with Crippen LogP contribution < -0.4 is 0 Å². The summed E-state index contributed by atoms with van der Waals surface area (Å²) in [5.74, 6) is -3.43. The average molecular weight is 242 g/mol. The predicted octanol–water partition coefficient (Wildman–Crippen LogP) is 1.82. The molecule has 0 spiro atoms. The maximum atomic E-state index is 11.8. The van der Waals surface area contributed by atoms with E-state index < -0.39 is 29.8 Å². The van der Waals surface area contributed by atoms with Crippen molar-refractivity contribution in [3.8, 4) is 0 Å². The van der Waals surface area contributed by atoms with E-state index in [0.717, 1.165) is 6.92 Å². The molecule has 0 saturated heterocycles. The van der Waals surface area contributed by atoms with Crippen molar-refractivity contribution >= 4 is 11.9 Å². The molecular weight excluding hydrogens is 229 g/mol. The molecule has 0 aromatic rings. The van der Waals surface area contributed by atoms with Crippen molar-refractivity contribution in [3.63, 3.8) is 0 Å². The number of carbonyl (C=O) groups excluding carboxylic acids is 2. The first-order valence-electron chi connectivity index (χ1n) is 4.44. The first kappa shape index (κ1) is 14.7. The van der Waals surface area contributed by atoms with Gasteiger partial charge in [-0.25, -0.2) is 9.59 Å². The van der Waals surface area contributed by atoms with Gasteiger partial charge in [-0.1, -0.05) is 0 Å².